The summed E-state index contributed by atoms with van der Waals surface area (Å²) in [7, 11) is 1.61. The first kappa shape index (κ1) is 15.0. The number of para-hydroxylation sites is 1. The smallest absolute Gasteiger partial charge is 0.205 e. The fourth-order valence-electron chi connectivity index (χ4n) is 3.28. The van der Waals surface area contributed by atoms with E-state index in [1.165, 1.54) is 0 Å². The molecule has 2 heterocycles. The van der Waals surface area contributed by atoms with Crippen molar-refractivity contribution in [2.75, 3.05) is 7.11 Å². The molecule has 0 fully saturated rings. The van der Waals surface area contributed by atoms with Gasteiger partial charge in [-0.15, -0.1) is 0 Å². The Bertz CT molecular complexity index is 1050. The molecule has 0 saturated heterocycles. The molecule has 0 spiro atoms. The number of pyridine rings is 1. The highest BCUT2D eigenvalue weighted by Gasteiger charge is 2.33. The van der Waals surface area contributed by atoms with Crippen molar-refractivity contribution in [1.29, 1.82) is 5.26 Å². The fourth-order valence-corrected chi connectivity index (χ4v) is 3.28. The number of hydrogen-bond acceptors (Lipinski definition) is 5. The molecule has 0 bridgehead atoms. The van der Waals surface area contributed by atoms with Gasteiger partial charge in [-0.3, -0.25) is 4.98 Å². The molecule has 122 valence electrons. The third kappa shape index (κ3) is 2.27. The Hall–Kier alpha value is -3.52. The third-order valence-corrected chi connectivity index (χ3v) is 4.41. The number of benzene rings is 2. The minimum atomic E-state index is -0.365. The lowest BCUT2D eigenvalue weighted by atomic mass is 9.82. The van der Waals surface area contributed by atoms with Crippen molar-refractivity contribution in [2.45, 2.75) is 5.92 Å². The van der Waals surface area contributed by atoms with Gasteiger partial charge in [-0.1, -0.05) is 36.4 Å². The van der Waals surface area contributed by atoms with Crippen molar-refractivity contribution in [3.63, 3.8) is 0 Å². The maximum absolute atomic E-state index is 9.67. The summed E-state index contributed by atoms with van der Waals surface area (Å²) in [4.78, 5) is 4.43. The van der Waals surface area contributed by atoms with Crippen molar-refractivity contribution in [2.24, 2.45) is 5.73 Å². The van der Waals surface area contributed by atoms with Crippen LogP contribution in [0.25, 0.3) is 10.9 Å². The van der Waals surface area contributed by atoms with Gasteiger partial charge in [-0.05, 0) is 12.1 Å². The van der Waals surface area contributed by atoms with Crippen molar-refractivity contribution in [1.82, 2.24) is 4.98 Å². The zero-order valence-electron chi connectivity index (χ0n) is 13.6. The molecule has 1 atom stereocenters. The van der Waals surface area contributed by atoms with E-state index < -0.39 is 0 Å². The number of methoxy groups -OCH3 is 1. The zero-order valence-corrected chi connectivity index (χ0v) is 13.6. The van der Waals surface area contributed by atoms with Gasteiger partial charge in [0.2, 0.25) is 5.88 Å². The number of allylic oxidation sites excluding steroid dienone is 1. The number of fused-ring (bicyclic) bond motifs is 3. The Balaban J connectivity index is 2.04. The Morgan fingerprint density at radius 1 is 1.12 bits per heavy atom. The van der Waals surface area contributed by atoms with Crippen LogP contribution in [0, 0.1) is 11.3 Å². The molecule has 25 heavy (non-hydrogen) atoms. The number of aromatic nitrogens is 1. The summed E-state index contributed by atoms with van der Waals surface area (Å²) < 4.78 is 11.3. The van der Waals surface area contributed by atoms with E-state index in [1.54, 1.807) is 13.3 Å². The lowest BCUT2D eigenvalue weighted by Crippen LogP contribution is -2.21. The van der Waals surface area contributed by atoms with E-state index >= 15 is 0 Å². The summed E-state index contributed by atoms with van der Waals surface area (Å²) in [6, 6.07) is 17.6. The Labute approximate surface area is 144 Å². The number of nitriles is 1. The van der Waals surface area contributed by atoms with Gasteiger partial charge in [-0.25, -0.2) is 0 Å². The molecule has 1 aliphatic heterocycles. The molecule has 4 rings (SSSR count). The summed E-state index contributed by atoms with van der Waals surface area (Å²) in [6.07, 6.45) is 1.71. The summed E-state index contributed by atoms with van der Waals surface area (Å²) in [6.45, 7) is 0. The van der Waals surface area contributed by atoms with Crippen LogP contribution in [-0.2, 0) is 0 Å². The van der Waals surface area contributed by atoms with Crippen LogP contribution in [0.3, 0.4) is 0 Å². The van der Waals surface area contributed by atoms with E-state index in [0.29, 0.717) is 17.1 Å². The number of hydrogen-bond donors (Lipinski definition) is 1. The van der Waals surface area contributed by atoms with Crippen molar-refractivity contribution in [3.8, 4) is 17.6 Å². The van der Waals surface area contributed by atoms with Gasteiger partial charge in [0, 0.05) is 22.7 Å². The first-order chi connectivity index (χ1) is 12.2. The number of ether oxygens (including phenoxy) is 2. The highest BCUT2D eigenvalue weighted by molar-refractivity contribution is 5.87. The normalized spacial score (nSPS) is 16.1. The van der Waals surface area contributed by atoms with Crippen LogP contribution in [0.4, 0.5) is 0 Å². The van der Waals surface area contributed by atoms with Gasteiger partial charge in [0.25, 0.3) is 0 Å². The number of rotatable bonds is 2. The molecule has 3 aromatic rings. The first-order valence-corrected chi connectivity index (χ1v) is 7.82. The van der Waals surface area contributed by atoms with Crippen LogP contribution in [-0.4, -0.2) is 12.1 Å². The largest absolute Gasteiger partial charge is 0.496 e. The van der Waals surface area contributed by atoms with E-state index in [1.807, 2.05) is 48.5 Å². The van der Waals surface area contributed by atoms with Crippen LogP contribution in [0.1, 0.15) is 17.0 Å². The maximum atomic E-state index is 9.67. The summed E-state index contributed by atoms with van der Waals surface area (Å²) >= 11 is 0. The van der Waals surface area contributed by atoms with E-state index in [-0.39, 0.29) is 11.8 Å². The topological polar surface area (TPSA) is 81.2 Å². The van der Waals surface area contributed by atoms with Crippen molar-refractivity contribution >= 4 is 10.9 Å². The van der Waals surface area contributed by atoms with Crippen molar-refractivity contribution in [3.05, 3.63) is 77.3 Å². The SMILES string of the molecule is COc1ccccc1C1C(C#N)=C(N)Oc2c1ccc1cccnc21. The lowest BCUT2D eigenvalue weighted by molar-refractivity contribution is 0.390. The lowest BCUT2D eigenvalue weighted by Gasteiger charge is -2.27. The van der Waals surface area contributed by atoms with E-state index in [9.17, 15) is 5.26 Å². The quantitative estimate of drug-likeness (QED) is 0.778. The molecule has 0 radical (unpaired) electrons. The standard InChI is InChI=1S/C20H15N3O2/c1-24-16-7-3-2-6-13(16)17-14-9-8-12-5-4-10-23-18(12)19(14)25-20(22)15(17)11-21/h2-10,17H,22H2,1H3. The number of nitrogens with zero attached hydrogens (tertiary/aromatic N) is 2. The highest BCUT2D eigenvalue weighted by Crippen LogP contribution is 2.46. The van der Waals surface area contributed by atoms with Gasteiger partial charge >= 0.3 is 0 Å². The van der Waals surface area contributed by atoms with E-state index in [0.717, 1.165) is 22.0 Å². The van der Waals surface area contributed by atoms with Crippen LogP contribution in [0.5, 0.6) is 11.5 Å². The molecular weight excluding hydrogens is 314 g/mol. The molecule has 1 aliphatic rings. The second kappa shape index (κ2) is 5.84. The molecule has 0 amide bonds. The molecule has 2 aromatic carbocycles. The minimum Gasteiger partial charge on any atom is -0.496 e. The summed E-state index contributed by atoms with van der Waals surface area (Å²) in [5, 5.41) is 10.6. The molecule has 0 saturated carbocycles. The fraction of sp³-hybridized carbons (Fsp3) is 0.100. The summed E-state index contributed by atoms with van der Waals surface area (Å²) in [5.41, 5.74) is 8.88. The molecule has 1 unspecified atom stereocenters. The van der Waals surface area contributed by atoms with E-state index in [2.05, 4.69) is 11.1 Å². The number of nitrogens with two attached hydrogens (primary N) is 1. The molecule has 2 N–H and O–H groups in total. The van der Waals surface area contributed by atoms with Crippen LogP contribution < -0.4 is 15.2 Å². The second-order valence-electron chi connectivity index (χ2n) is 5.73. The second-order valence-corrected chi connectivity index (χ2v) is 5.73. The van der Waals surface area contributed by atoms with Gasteiger partial charge in [0.15, 0.2) is 5.75 Å². The Morgan fingerprint density at radius 2 is 1.96 bits per heavy atom. The predicted molar refractivity (Wildman–Crippen MR) is 94.0 cm³/mol. The third-order valence-electron chi connectivity index (χ3n) is 4.41. The zero-order chi connectivity index (χ0) is 17.4. The molecule has 5 heteroatoms. The van der Waals surface area contributed by atoms with Gasteiger partial charge in [0.1, 0.15) is 22.9 Å². The van der Waals surface area contributed by atoms with Gasteiger partial charge < -0.3 is 15.2 Å². The Kier molecular flexibility index (Phi) is 3.51. The maximum Gasteiger partial charge on any atom is 0.205 e. The van der Waals surface area contributed by atoms with Gasteiger partial charge in [-0.2, -0.15) is 5.26 Å². The van der Waals surface area contributed by atoms with Crippen molar-refractivity contribution < 1.29 is 9.47 Å². The minimum absolute atomic E-state index is 0.101. The van der Waals surface area contributed by atoms with Gasteiger partial charge in [0.05, 0.1) is 13.0 Å². The first-order valence-electron chi connectivity index (χ1n) is 7.82. The van der Waals surface area contributed by atoms with Crippen LogP contribution in [0.15, 0.2) is 66.2 Å². The van der Waals surface area contributed by atoms with Crippen LogP contribution >= 0.6 is 0 Å². The van der Waals surface area contributed by atoms with Crippen LogP contribution in [0.2, 0.25) is 0 Å². The average Bonchev–Trinajstić information content (AvgIpc) is 2.66. The molecule has 0 aliphatic carbocycles. The predicted octanol–water partition coefficient (Wildman–Crippen LogP) is 3.46. The molecule has 5 nitrogen and oxygen atoms in total. The monoisotopic (exact) mass is 329 g/mol. The summed E-state index contributed by atoms with van der Waals surface area (Å²) in [5.74, 6) is 1.02. The Morgan fingerprint density at radius 3 is 2.76 bits per heavy atom. The average molecular weight is 329 g/mol. The van der Waals surface area contributed by atoms with E-state index in [4.69, 9.17) is 15.2 Å². The molecular formula is C20H15N3O2. The molecule has 1 aromatic heterocycles. The highest BCUT2D eigenvalue weighted by atomic mass is 16.5.